The number of nitrogens with one attached hydrogen (secondary N) is 1. The number of ether oxygens (including phenoxy) is 2. The number of nitrogens with zero attached hydrogens (tertiary/aromatic N) is 1. The van der Waals surface area contributed by atoms with Crippen LogP contribution in [0.15, 0.2) is 30.6 Å². The molecule has 10 heteroatoms. The van der Waals surface area contributed by atoms with E-state index in [2.05, 4.69) is 12.2 Å². The number of hydrogen-bond donors (Lipinski definition) is 1. The Hall–Kier alpha value is -1.51. The number of carbonyl (C=O) groups is 1. The number of alkyl carbamates (subject to hydrolysis) is 1. The fourth-order valence-corrected chi connectivity index (χ4v) is 5.08. The highest BCUT2D eigenvalue weighted by atomic mass is 31.2. The lowest BCUT2D eigenvalue weighted by molar-refractivity contribution is -0.697. The van der Waals surface area contributed by atoms with E-state index in [0.29, 0.717) is 13.2 Å². The molecule has 0 fully saturated rings. The van der Waals surface area contributed by atoms with Crippen LogP contribution >= 0.6 is 7.82 Å². The molecule has 0 aliphatic rings. The van der Waals surface area contributed by atoms with Crippen LogP contribution in [0.3, 0.4) is 0 Å². The predicted molar refractivity (Wildman–Crippen MR) is 156 cm³/mol. The third-order valence-electron chi connectivity index (χ3n) is 6.72. The molecule has 9 nitrogen and oxygen atoms in total. The zero-order valence-corrected chi connectivity index (χ0v) is 26.0. The number of aromatic nitrogens is 1. The van der Waals surface area contributed by atoms with E-state index in [-0.39, 0.29) is 19.8 Å². The van der Waals surface area contributed by atoms with Gasteiger partial charge in [0, 0.05) is 25.8 Å². The Labute approximate surface area is 242 Å². The Bertz CT molecular complexity index is 770. The van der Waals surface area contributed by atoms with Crippen molar-refractivity contribution in [3.8, 4) is 0 Å². The van der Waals surface area contributed by atoms with Crippen molar-refractivity contribution in [1.82, 2.24) is 5.32 Å². The van der Waals surface area contributed by atoms with Crippen LogP contribution in [-0.2, 0) is 29.6 Å². The first-order valence-corrected chi connectivity index (χ1v) is 16.9. The highest BCUT2D eigenvalue weighted by Gasteiger charge is 2.19. The van der Waals surface area contributed by atoms with Crippen molar-refractivity contribution in [2.45, 2.75) is 122 Å². The lowest BCUT2D eigenvalue weighted by atomic mass is 10.0. The summed E-state index contributed by atoms with van der Waals surface area (Å²) in [5, 5.41) is 2.35. The second kappa shape index (κ2) is 25.2. The van der Waals surface area contributed by atoms with E-state index in [0.717, 1.165) is 12.8 Å². The van der Waals surface area contributed by atoms with Gasteiger partial charge in [-0.2, -0.15) is 0 Å². The van der Waals surface area contributed by atoms with Crippen molar-refractivity contribution in [2.75, 3.05) is 33.5 Å². The van der Waals surface area contributed by atoms with E-state index in [1.54, 1.807) is 4.57 Å². The van der Waals surface area contributed by atoms with E-state index in [1.165, 1.54) is 96.9 Å². The number of phosphoric ester groups is 1. The smallest absolute Gasteiger partial charge is 0.407 e. The van der Waals surface area contributed by atoms with E-state index in [4.69, 9.17) is 18.5 Å². The summed E-state index contributed by atoms with van der Waals surface area (Å²) in [5.41, 5.74) is 0. The van der Waals surface area contributed by atoms with Crippen LogP contribution in [0, 0.1) is 0 Å². The van der Waals surface area contributed by atoms with Gasteiger partial charge in [0.2, 0.25) is 0 Å². The van der Waals surface area contributed by atoms with Gasteiger partial charge in [0.1, 0.15) is 6.61 Å². The number of pyridine rings is 1. The average Bonchev–Trinajstić information content (AvgIpc) is 2.95. The van der Waals surface area contributed by atoms with Crippen molar-refractivity contribution in [1.29, 1.82) is 0 Å². The van der Waals surface area contributed by atoms with Gasteiger partial charge in [-0.25, -0.2) is 9.36 Å². The molecule has 0 aliphatic heterocycles. The summed E-state index contributed by atoms with van der Waals surface area (Å²) in [7, 11) is -3.11. The average molecular weight is 587 g/mol. The van der Waals surface area contributed by atoms with Gasteiger partial charge in [-0.1, -0.05) is 109 Å². The monoisotopic (exact) mass is 586 g/mol. The lowest BCUT2D eigenvalue weighted by Crippen LogP contribution is -2.35. The molecule has 232 valence electrons. The van der Waals surface area contributed by atoms with Crippen molar-refractivity contribution < 1.29 is 37.3 Å². The van der Waals surface area contributed by atoms with Crippen LogP contribution in [0.25, 0.3) is 0 Å². The molecule has 0 spiro atoms. The molecule has 0 radical (unpaired) electrons. The van der Waals surface area contributed by atoms with Gasteiger partial charge in [0.05, 0.1) is 13.2 Å². The number of carbonyl (C=O) groups excluding carboxylic acids is 1. The largest absolute Gasteiger partial charge is 0.756 e. The third kappa shape index (κ3) is 22.2. The Kier molecular flexibility index (Phi) is 23.0. The summed E-state index contributed by atoms with van der Waals surface area (Å²) in [4.78, 5) is 23.7. The van der Waals surface area contributed by atoms with Crippen LogP contribution in [0.4, 0.5) is 4.79 Å². The zero-order chi connectivity index (χ0) is 29.2. The fraction of sp³-hybridized carbons (Fsp3) is 0.800. The fourth-order valence-electron chi connectivity index (χ4n) is 4.35. The quantitative estimate of drug-likeness (QED) is 0.0714. The Morgan fingerprint density at radius 1 is 0.775 bits per heavy atom. The molecule has 0 saturated heterocycles. The minimum atomic E-state index is -4.54. The number of hydrogen-bond acceptors (Lipinski definition) is 7. The third-order valence-corrected chi connectivity index (χ3v) is 7.68. The van der Waals surface area contributed by atoms with Crippen LogP contribution in [0.1, 0.15) is 110 Å². The first-order valence-electron chi connectivity index (χ1n) is 15.5. The molecule has 1 aromatic heterocycles. The van der Waals surface area contributed by atoms with Gasteiger partial charge < -0.3 is 28.7 Å². The lowest BCUT2D eigenvalue weighted by Gasteiger charge is -2.25. The number of phosphoric acid groups is 1. The Morgan fingerprint density at radius 2 is 1.30 bits per heavy atom. The van der Waals surface area contributed by atoms with Crippen molar-refractivity contribution in [3.05, 3.63) is 30.6 Å². The van der Waals surface area contributed by atoms with Gasteiger partial charge in [-0.3, -0.25) is 4.57 Å². The Balaban J connectivity index is 2.05. The highest BCUT2D eigenvalue weighted by Crippen LogP contribution is 2.38. The van der Waals surface area contributed by atoms with Gasteiger partial charge in [-0.15, -0.1) is 0 Å². The predicted octanol–water partition coefficient (Wildman–Crippen LogP) is 6.48. The van der Waals surface area contributed by atoms with Crippen LogP contribution in [-0.4, -0.2) is 45.7 Å². The van der Waals surface area contributed by atoms with Gasteiger partial charge in [-0.05, 0) is 6.42 Å². The zero-order valence-electron chi connectivity index (χ0n) is 25.1. The minimum absolute atomic E-state index is 0.0476. The summed E-state index contributed by atoms with van der Waals surface area (Å²) in [6.45, 7) is 2.76. The summed E-state index contributed by atoms with van der Waals surface area (Å²) in [6, 6.07) is 5.55. The normalized spacial score (nSPS) is 13.6. The molecule has 0 saturated carbocycles. The molecule has 1 aromatic rings. The van der Waals surface area contributed by atoms with Gasteiger partial charge >= 0.3 is 6.09 Å². The summed E-state index contributed by atoms with van der Waals surface area (Å²) in [6.07, 6.45) is 22.9. The molecule has 1 heterocycles. The molecule has 1 rings (SSSR count). The van der Waals surface area contributed by atoms with E-state index >= 15 is 0 Å². The second-order valence-electron chi connectivity index (χ2n) is 10.3. The standard InChI is InChI=1S/C30H55N2O7P/c1-3-4-5-6-7-8-9-10-11-12-13-14-15-16-17-21-25-36-27-29(39-30(33)31-2)28-38-40(34,35)37-26-24-32-22-19-18-20-23-32/h18-20,22-23,29H,3-17,21,24-28H2,1-2H3,(H-,31,33,34,35). The SMILES string of the molecule is CCCCCCCCCCCCCCCCCCOCC(COP(=O)([O-])OCC[n+]1ccccc1)OC(=O)NC. The molecule has 1 N–H and O–H groups in total. The van der Waals surface area contributed by atoms with Crippen LogP contribution < -0.4 is 14.8 Å². The van der Waals surface area contributed by atoms with Gasteiger partial charge in [0.25, 0.3) is 7.82 Å². The molecule has 1 amide bonds. The van der Waals surface area contributed by atoms with Crippen molar-refractivity contribution >= 4 is 13.9 Å². The second-order valence-corrected chi connectivity index (χ2v) is 11.8. The maximum atomic E-state index is 12.1. The minimum Gasteiger partial charge on any atom is -0.756 e. The van der Waals surface area contributed by atoms with Gasteiger partial charge in [0.15, 0.2) is 25.0 Å². The maximum absolute atomic E-state index is 12.1. The molecule has 2 atom stereocenters. The molecule has 0 bridgehead atoms. The molecular formula is C30H55N2O7P. The van der Waals surface area contributed by atoms with Crippen LogP contribution in [0.2, 0.25) is 0 Å². The summed E-state index contributed by atoms with van der Waals surface area (Å²) < 4.78 is 34.6. The van der Waals surface area contributed by atoms with E-state index < -0.39 is 20.0 Å². The summed E-state index contributed by atoms with van der Waals surface area (Å²) >= 11 is 0. The molecule has 0 aliphatic carbocycles. The topological polar surface area (TPSA) is 110 Å². The number of rotatable bonds is 27. The first-order chi connectivity index (χ1) is 19.5. The maximum Gasteiger partial charge on any atom is 0.407 e. The molecule has 2 unspecified atom stereocenters. The molecule has 0 aromatic carbocycles. The van der Waals surface area contributed by atoms with Crippen LogP contribution in [0.5, 0.6) is 0 Å². The molecular weight excluding hydrogens is 531 g/mol. The van der Waals surface area contributed by atoms with Crippen molar-refractivity contribution in [2.24, 2.45) is 0 Å². The highest BCUT2D eigenvalue weighted by molar-refractivity contribution is 7.45. The summed E-state index contributed by atoms with van der Waals surface area (Å²) in [5.74, 6) is 0. The number of unbranched alkanes of at least 4 members (excludes halogenated alkanes) is 15. The van der Waals surface area contributed by atoms with Crippen molar-refractivity contribution in [3.63, 3.8) is 0 Å². The Morgan fingerprint density at radius 3 is 1.82 bits per heavy atom. The molecule has 40 heavy (non-hydrogen) atoms. The van der Waals surface area contributed by atoms with E-state index in [9.17, 15) is 14.3 Å². The number of amides is 1. The first kappa shape index (κ1) is 36.5. The van der Waals surface area contributed by atoms with E-state index in [1.807, 2.05) is 30.6 Å².